The normalized spacial score (nSPS) is 10.4. The minimum Gasteiger partial charge on any atom is -0.478 e. The molecule has 5 nitrogen and oxygen atoms in total. The van der Waals surface area contributed by atoms with E-state index in [4.69, 9.17) is 0 Å². The lowest BCUT2D eigenvalue weighted by Gasteiger charge is -2.03. The fourth-order valence-corrected chi connectivity index (χ4v) is 2.94. The maximum atomic E-state index is 11.3. The summed E-state index contributed by atoms with van der Waals surface area (Å²) in [6.07, 6.45) is 5.18. The molecule has 2 aromatic heterocycles. The number of carboxylic acids is 1. The van der Waals surface area contributed by atoms with Crippen molar-refractivity contribution in [1.29, 1.82) is 0 Å². The third-order valence-electron chi connectivity index (χ3n) is 3.08. The second-order valence-corrected chi connectivity index (χ2v) is 5.68. The van der Waals surface area contributed by atoms with Crippen molar-refractivity contribution in [3.8, 4) is 10.4 Å². The minimum absolute atomic E-state index is 0.290. The Labute approximate surface area is 131 Å². The van der Waals surface area contributed by atoms with Crippen molar-refractivity contribution in [3.05, 3.63) is 65.6 Å². The highest BCUT2D eigenvalue weighted by molar-refractivity contribution is 7.15. The number of benzene rings is 1. The quantitative estimate of drug-likeness (QED) is 0.754. The molecule has 0 bridgehead atoms. The molecular formula is C16H13N3O2S. The Bertz CT molecular complexity index is 787. The van der Waals surface area contributed by atoms with Crippen molar-refractivity contribution in [3.63, 3.8) is 0 Å². The number of nitrogens with zero attached hydrogens (tertiary/aromatic N) is 2. The van der Waals surface area contributed by atoms with Crippen LogP contribution in [0.4, 0.5) is 5.69 Å². The van der Waals surface area contributed by atoms with E-state index < -0.39 is 5.97 Å². The van der Waals surface area contributed by atoms with Gasteiger partial charge in [0.05, 0.1) is 22.7 Å². The van der Waals surface area contributed by atoms with Crippen LogP contribution < -0.4 is 5.32 Å². The van der Waals surface area contributed by atoms with Gasteiger partial charge in [0.25, 0.3) is 0 Å². The molecule has 0 saturated heterocycles. The lowest BCUT2D eigenvalue weighted by atomic mass is 10.1. The average Bonchev–Trinajstić information content (AvgIpc) is 3.03. The van der Waals surface area contributed by atoms with Crippen LogP contribution in [0.3, 0.4) is 0 Å². The summed E-state index contributed by atoms with van der Waals surface area (Å²) in [7, 11) is 0. The number of rotatable bonds is 5. The Kier molecular flexibility index (Phi) is 4.11. The monoisotopic (exact) mass is 311 g/mol. The number of hydrogen-bond acceptors (Lipinski definition) is 5. The van der Waals surface area contributed by atoms with Gasteiger partial charge in [0, 0.05) is 24.2 Å². The van der Waals surface area contributed by atoms with E-state index in [0.29, 0.717) is 12.1 Å². The molecule has 0 fully saturated rings. The van der Waals surface area contributed by atoms with Gasteiger partial charge in [-0.25, -0.2) is 9.78 Å². The predicted octanol–water partition coefficient (Wildman–Crippen LogP) is 3.52. The van der Waals surface area contributed by atoms with Crippen LogP contribution in [-0.2, 0) is 6.54 Å². The number of aromatic nitrogens is 2. The first-order chi connectivity index (χ1) is 10.7. The van der Waals surface area contributed by atoms with Gasteiger partial charge in [0.2, 0.25) is 0 Å². The Hall–Kier alpha value is -2.73. The highest BCUT2D eigenvalue weighted by Gasteiger charge is 2.13. The van der Waals surface area contributed by atoms with Gasteiger partial charge in [-0.2, -0.15) is 0 Å². The third-order valence-corrected chi connectivity index (χ3v) is 4.11. The van der Waals surface area contributed by atoms with E-state index >= 15 is 0 Å². The molecule has 0 unspecified atom stereocenters. The number of anilines is 1. The van der Waals surface area contributed by atoms with Gasteiger partial charge in [-0.3, -0.25) is 4.98 Å². The molecule has 0 radical (unpaired) electrons. The fourth-order valence-electron chi connectivity index (χ4n) is 2.05. The summed E-state index contributed by atoms with van der Waals surface area (Å²) in [6.45, 7) is 0.575. The number of pyridine rings is 1. The molecule has 110 valence electrons. The summed E-state index contributed by atoms with van der Waals surface area (Å²) >= 11 is 1.48. The molecule has 0 aliphatic carbocycles. The van der Waals surface area contributed by atoms with E-state index in [0.717, 1.165) is 15.6 Å². The molecule has 0 spiro atoms. The molecule has 2 N–H and O–H groups in total. The molecule has 0 amide bonds. The first kappa shape index (κ1) is 14.2. The minimum atomic E-state index is -0.931. The van der Waals surface area contributed by atoms with Crippen LogP contribution in [0.15, 0.2) is 55.0 Å². The SMILES string of the molecule is O=C(O)c1ccccc1-c1cnc(CNc2cccnc2)s1. The molecule has 2 heterocycles. The largest absolute Gasteiger partial charge is 0.478 e. The zero-order valence-electron chi connectivity index (χ0n) is 11.6. The van der Waals surface area contributed by atoms with Crippen LogP contribution >= 0.6 is 11.3 Å². The highest BCUT2D eigenvalue weighted by Crippen LogP contribution is 2.29. The van der Waals surface area contributed by atoms with Gasteiger partial charge in [-0.05, 0) is 18.2 Å². The van der Waals surface area contributed by atoms with E-state index in [1.807, 2.05) is 18.2 Å². The number of aromatic carboxylic acids is 1. The molecule has 0 saturated carbocycles. The predicted molar refractivity (Wildman–Crippen MR) is 86.1 cm³/mol. The summed E-state index contributed by atoms with van der Waals surface area (Å²) in [5.74, 6) is -0.931. The molecule has 3 aromatic rings. The van der Waals surface area contributed by atoms with Gasteiger partial charge in [0.15, 0.2) is 0 Å². The summed E-state index contributed by atoms with van der Waals surface area (Å²) in [6, 6.07) is 10.7. The first-order valence-corrected chi connectivity index (χ1v) is 7.47. The van der Waals surface area contributed by atoms with E-state index in [2.05, 4.69) is 15.3 Å². The number of carboxylic acid groups (broad SMARTS) is 1. The second kappa shape index (κ2) is 6.36. The highest BCUT2D eigenvalue weighted by atomic mass is 32.1. The Balaban J connectivity index is 1.78. The topological polar surface area (TPSA) is 75.1 Å². The number of nitrogens with one attached hydrogen (secondary N) is 1. The van der Waals surface area contributed by atoms with Gasteiger partial charge < -0.3 is 10.4 Å². The Morgan fingerprint density at radius 2 is 2.05 bits per heavy atom. The van der Waals surface area contributed by atoms with E-state index in [-0.39, 0.29) is 5.56 Å². The van der Waals surface area contributed by atoms with Crippen LogP contribution in [0, 0.1) is 0 Å². The standard InChI is InChI=1S/C16H13N3O2S/c20-16(21)13-6-2-1-5-12(13)14-9-19-15(22-14)10-18-11-4-3-7-17-8-11/h1-9,18H,10H2,(H,20,21). The maximum Gasteiger partial charge on any atom is 0.336 e. The van der Waals surface area contributed by atoms with E-state index in [9.17, 15) is 9.90 Å². The number of thiazole rings is 1. The zero-order chi connectivity index (χ0) is 15.4. The summed E-state index contributed by atoms with van der Waals surface area (Å²) in [5, 5.41) is 13.4. The lowest BCUT2D eigenvalue weighted by Crippen LogP contribution is -1.98. The van der Waals surface area contributed by atoms with Crippen molar-refractivity contribution in [1.82, 2.24) is 9.97 Å². The maximum absolute atomic E-state index is 11.3. The van der Waals surface area contributed by atoms with Crippen molar-refractivity contribution >= 4 is 23.0 Å². The van der Waals surface area contributed by atoms with Crippen LogP contribution in [0.2, 0.25) is 0 Å². The first-order valence-electron chi connectivity index (χ1n) is 6.65. The van der Waals surface area contributed by atoms with Gasteiger partial charge in [-0.15, -0.1) is 11.3 Å². The van der Waals surface area contributed by atoms with Gasteiger partial charge in [-0.1, -0.05) is 18.2 Å². The molecule has 1 aromatic carbocycles. The van der Waals surface area contributed by atoms with Crippen LogP contribution in [0.5, 0.6) is 0 Å². The summed E-state index contributed by atoms with van der Waals surface area (Å²) < 4.78 is 0. The van der Waals surface area contributed by atoms with Crippen molar-refractivity contribution in [2.24, 2.45) is 0 Å². The average molecular weight is 311 g/mol. The summed E-state index contributed by atoms with van der Waals surface area (Å²) in [4.78, 5) is 20.5. The van der Waals surface area contributed by atoms with Crippen LogP contribution in [0.1, 0.15) is 15.4 Å². The van der Waals surface area contributed by atoms with Gasteiger partial charge >= 0.3 is 5.97 Å². The fraction of sp³-hybridized carbons (Fsp3) is 0.0625. The summed E-state index contributed by atoms with van der Waals surface area (Å²) in [5.41, 5.74) is 1.91. The van der Waals surface area contributed by atoms with Crippen LogP contribution in [0.25, 0.3) is 10.4 Å². The molecule has 0 aliphatic heterocycles. The Morgan fingerprint density at radius 1 is 1.18 bits per heavy atom. The van der Waals surface area contributed by atoms with Crippen LogP contribution in [-0.4, -0.2) is 21.0 Å². The molecule has 0 aliphatic rings. The Morgan fingerprint density at radius 3 is 2.82 bits per heavy atom. The lowest BCUT2D eigenvalue weighted by molar-refractivity contribution is 0.0698. The second-order valence-electron chi connectivity index (χ2n) is 4.56. The molecular weight excluding hydrogens is 298 g/mol. The van der Waals surface area contributed by atoms with E-state index in [1.165, 1.54) is 11.3 Å². The van der Waals surface area contributed by atoms with Gasteiger partial charge in [0.1, 0.15) is 5.01 Å². The molecule has 0 atom stereocenters. The zero-order valence-corrected chi connectivity index (χ0v) is 12.4. The van der Waals surface area contributed by atoms with Crippen molar-refractivity contribution < 1.29 is 9.90 Å². The molecule has 3 rings (SSSR count). The third kappa shape index (κ3) is 3.12. The van der Waals surface area contributed by atoms with Crippen molar-refractivity contribution in [2.45, 2.75) is 6.54 Å². The number of carbonyl (C=O) groups is 1. The number of hydrogen-bond donors (Lipinski definition) is 2. The van der Waals surface area contributed by atoms with E-state index in [1.54, 1.807) is 36.8 Å². The molecule has 22 heavy (non-hydrogen) atoms. The van der Waals surface area contributed by atoms with Crippen molar-refractivity contribution in [2.75, 3.05) is 5.32 Å². The molecule has 6 heteroatoms. The smallest absolute Gasteiger partial charge is 0.336 e.